The number of carbonyl (C=O) groups is 1. The Balaban J connectivity index is 1.98. The van der Waals surface area contributed by atoms with Crippen LogP contribution < -0.4 is 10.1 Å². The summed E-state index contributed by atoms with van der Waals surface area (Å²) in [5.74, 6) is -0.735. The number of benzene rings is 2. The summed E-state index contributed by atoms with van der Waals surface area (Å²) in [6, 6.07) is 12.3. The molecule has 0 atom stereocenters. The third-order valence-electron chi connectivity index (χ3n) is 3.85. The maximum atomic E-state index is 13.7. The van der Waals surface area contributed by atoms with Crippen molar-refractivity contribution in [3.63, 3.8) is 0 Å². The molecule has 1 N–H and O–H groups in total. The maximum absolute atomic E-state index is 13.7. The lowest BCUT2D eigenvalue weighted by atomic mass is 10.1. The third kappa shape index (κ3) is 4.80. The summed E-state index contributed by atoms with van der Waals surface area (Å²) >= 11 is 0. The van der Waals surface area contributed by atoms with Crippen molar-refractivity contribution in [2.45, 2.75) is 20.0 Å². The number of halogens is 1. The van der Waals surface area contributed by atoms with E-state index in [2.05, 4.69) is 36.3 Å². The zero-order chi connectivity index (χ0) is 17.5. The number of amides is 1. The Bertz CT molecular complexity index is 704. The van der Waals surface area contributed by atoms with E-state index in [0.29, 0.717) is 6.54 Å². The van der Waals surface area contributed by atoms with E-state index in [0.717, 1.165) is 18.7 Å². The van der Waals surface area contributed by atoms with Gasteiger partial charge in [0.15, 0.2) is 11.6 Å². The van der Waals surface area contributed by atoms with Crippen molar-refractivity contribution in [2.24, 2.45) is 0 Å². The molecule has 0 aliphatic rings. The van der Waals surface area contributed by atoms with Gasteiger partial charge in [0, 0.05) is 18.7 Å². The van der Waals surface area contributed by atoms with Crippen LogP contribution in [0.25, 0.3) is 0 Å². The Labute approximate surface area is 142 Å². The fourth-order valence-corrected chi connectivity index (χ4v) is 2.35. The highest BCUT2D eigenvalue weighted by Gasteiger charge is 2.10. The summed E-state index contributed by atoms with van der Waals surface area (Å²) in [4.78, 5) is 14.4. The average molecular weight is 330 g/mol. The molecule has 0 fully saturated rings. The molecule has 0 heterocycles. The minimum atomic E-state index is -0.547. The molecule has 0 radical (unpaired) electrons. The Morgan fingerprint density at radius 2 is 1.96 bits per heavy atom. The van der Waals surface area contributed by atoms with E-state index in [1.165, 1.54) is 24.8 Å². The van der Waals surface area contributed by atoms with Crippen LogP contribution in [0.1, 0.15) is 28.4 Å². The van der Waals surface area contributed by atoms with Crippen molar-refractivity contribution in [3.8, 4) is 5.75 Å². The van der Waals surface area contributed by atoms with Gasteiger partial charge < -0.3 is 15.0 Å². The highest BCUT2D eigenvalue weighted by Crippen LogP contribution is 2.17. The van der Waals surface area contributed by atoms with Gasteiger partial charge in [-0.2, -0.15) is 0 Å². The lowest BCUT2D eigenvalue weighted by Gasteiger charge is -2.14. The minimum absolute atomic E-state index is 0.124. The van der Waals surface area contributed by atoms with Gasteiger partial charge in [0.1, 0.15) is 0 Å². The number of hydrogen-bond acceptors (Lipinski definition) is 3. The van der Waals surface area contributed by atoms with Crippen LogP contribution in [0.15, 0.2) is 42.5 Å². The van der Waals surface area contributed by atoms with Crippen LogP contribution in [0, 0.1) is 5.82 Å². The van der Waals surface area contributed by atoms with Crippen LogP contribution in [0.5, 0.6) is 5.75 Å². The lowest BCUT2D eigenvalue weighted by Crippen LogP contribution is -2.23. The summed E-state index contributed by atoms with van der Waals surface area (Å²) in [5, 5.41) is 2.81. The van der Waals surface area contributed by atoms with Gasteiger partial charge >= 0.3 is 0 Å². The van der Waals surface area contributed by atoms with Crippen LogP contribution in [-0.4, -0.2) is 31.5 Å². The van der Waals surface area contributed by atoms with Gasteiger partial charge in [-0.1, -0.05) is 31.2 Å². The number of methoxy groups -OCH3 is 1. The van der Waals surface area contributed by atoms with Gasteiger partial charge in [0.2, 0.25) is 0 Å². The van der Waals surface area contributed by atoms with Crippen molar-refractivity contribution >= 4 is 5.91 Å². The van der Waals surface area contributed by atoms with Gasteiger partial charge in [-0.05, 0) is 42.9 Å². The second-order valence-electron chi connectivity index (χ2n) is 5.68. The molecule has 2 aromatic carbocycles. The van der Waals surface area contributed by atoms with E-state index in [4.69, 9.17) is 4.74 Å². The Morgan fingerprint density at radius 3 is 2.62 bits per heavy atom. The topological polar surface area (TPSA) is 41.6 Å². The molecular weight excluding hydrogens is 307 g/mol. The summed E-state index contributed by atoms with van der Waals surface area (Å²) in [6.45, 7) is 4.35. The second-order valence-corrected chi connectivity index (χ2v) is 5.68. The molecule has 2 aromatic rings. The molecule has 2 rings (SSSR count). The Hall–Kier alpha value is -2.40. The molecular formula is C19H23FN2O2. The molecule has 0 saturated carbocycles. The molecule has 5 heteroatoms. The Kier molecular flexibility index (Phi) is 6.32. The number of ether oxygens (including phenoxy) is 1. The van der Waals surface area contributed by atoms with Crippen molar-refractivity contribution in [1.29, 1.82) is 0 Å². The summed E-state index contributed by atoms with van der Waals surface area (Å²) in [6.07, 6.45) is 0. The molecule has 0 spiro atoms. The predicted octanol–water partition coefficient (Wildman–Crippen LogP) is 3.22. The van der Waals surface area contributed by atoms with Crippen LogP contribution in [0.4, 0.5) is 4.39 Å². The van der Waals surface area contributed by atoms with Gasteiger partial charge in [0.25, 0.3) is 5.91 Å². The number of carbonyl (C=O) groups excluding carboxylic acids is 1. The van der Waals surface area contributed by atoms with Crippen LogP contribution >= 0.6 is 0 Å². The zero-order valence-electron chi connectivity index (χ0n) is 14.3. The molecule has 128 valence electrons. The van der Waals surface area contributed by atoms with Crippen LogP contribution in [0.2, 0.25) is 0 Å². The SMILES string of the molecule is CCN(C)Cc1cccc(CNC(=O)c2ccc(OC)c(F)c2)c1. The highest BCUT2D eigenvalue weighted by molar-refractivity contribution is 5.94. The van der Waals surface area contributed by atoms with Crippen molar-refractivity contribution in [2.75, 3.05) is 20.7 Å². The molecule has 24 heavy (non-hydrogen) atoms. The summed E-state index contributed by atoms with van der Waals surface area (Å²) in [5.41, 5.74) is 2.48. The van der Waals surface area contributed by atoms with Crippen molar-refractivity contribution in [3.05, 3.63) is 65.0 Å². The molecule has 4 nitrogen and oxygen atoms in total. The molecule has 0 aromatic heterocycles. The van der Waals surface area contributed by atoms with Crippen LogP contribution in [-0.2, 0) is 13.1 Å². The standard InChI is InChI=1S/C19H23FN2O2/c1-4-22(2)13-15-7-5-6-14(10-15)12-21-19(23)16-8-9-18(24-3)17(20)11-16/h5-11H,4,12-13H2,1-3H3,(H,21,23). The van der Waals surface area contributed by atoms with Gasteiger partial charge in [0.05, 0.1) is 7.11 Å². The largest absolute Gasteiger partial charge is 0.494 e. The molecule has 0 aliphatic heterocycles. The van der Waals surface area contributed by atoms with Crippen molar-refractivity contribution < 1.29 is 13.9 Å². The molecule has 0 aliphatic carbocycles. The molecule has 1 amide bonds. The first-order valence-electron chi connectivity index (χ1n) is 7.91. The summed E-state index contributed by atoms with van der Waals surface area (Å²) < 4.78 is 18.5. The number of nitrogens with zero attached hydrogens (tertiary/aromatic N) is 1. The fourth-order valence-electron chi connectivity index (χ4n) is 2.35. The predicted molar refractivity (Wildman–Crippen MR) is 92.6 cm³/mol. The smallest absolute Gasteiger partial charge is 0.251 e. The Morgan fingerprint density at radius 1 is 1.21 bits per heavy atom. The minimum Gasteiger partial charge on any atom is -0.494 e. The first kappa shape index (κ1) is 17.9. The van der Waals surface area contributed by atoms with Gasteiger partial charge in [-0.15, -0.1) is 0 Å². The lowest BCUT2D eigenvalue weighted by molar-refractivity contribution is 0.0950. The van der Waals surface area contributed by atoms with E-state index in [1.54, 1.807) is 6.07 Å². The normalized spacial score (nSPS) is 10.7. The molecule has 0 unspecified atom stereocenters. The van der Waals surface area contributed by atoms with Crippen LogP contribution in [0.3, 0.4) is 0 Å². The van der Waals surface area contributed by atoms with E-state index in [9.17, 15) is 9.18 Å². The molecule has 0 bridgehead atoms. The van der Waals surface area contributed by atoms with Gasteiger partial charge in [-0.25, -0.2) is 4.39 Å². The van der Waals surface area contributed by atoms with E-state index >= 15 is 0 Å². The maximum Gasteiger partial charge on any atom is 0.251 e. The monoisotopic (exact) mass is 330 g/mol. The number of rotatable bonds is 7. The highest BCUT2D eigenvalue weighted by atomic mass is 19.1. The quantitative estimate of drug-likeness (QED) is 0.847. The summed E-state index contributed by atoms with van der Waals surface area (Å²) in [7, 11) is 3.45. The average Bonchev–Trinajstić information content (AvgIpc) is 2.59. The zero-order valence-corrected chi connectivity index (χ0v) is 14.3. The van der Waals surface area contributed by atoms with Gasteiger partial charge in [-0.3, -0.25) is 4.79 Å². The van der Waals surface area contributed by atoms with E-state index in [-0.39, 0.29) is 17.2 Å². The molecule has 0 saturated heterocycles. The van der Waals surface area contributed by atoms with E-state index < -0.39 is 5.82 Å². The first-order valence-corrected chi connectivity index (χ1v) is 7.91. The number of nitrogens with one attached hydrogen (secondary N) is 1. The third-order valence-corrected chi connectivity index (χ3v) is 3.85. The first-order chi connectivity index (χ1) is 11.5. The fraction of sp³-hybridized carbons (Fsp3) is 0.316. The second kappa shape index (κ2) is 8.45. The number of hydrogen-bond donors (Lipinski definition) is 1. The van der Waals surface area contributed by atoms with Crippen molar-refractivity contribution in [1.82, 2.24) is 10.2 Å². The van der Waals surface area contributed by atoms with E-state index in [1.807, 2.05) is 12.1 Å².